The van der Waals surface area contributed by atoms with E-state index in [0.717, 1.165) is 27.7 Å². The molecule has 152 valence electrons. The van der Waals surface area contributed by atoms with Gasteiger partial charge in [0.25, 0.3) is 5.56 Å². The molecule has 0 radical (unpaired) electrons. The molecule has 5 aromatic rings. The van der Waals surface area contributed by atoms with Crippen LogP contribution in [0.1, 0.15) is 5.82 Å². The third-order valence-corrected chi connectivity index (χ3v) is 5.97. The molecule has 3 aromatic carbocycles. The average molecular weight is 445 g/mol. The number of nitrogens with one attached hydrogen (secondary N) is 2. The first kappa shape index (κ1) is 19.6. The average Bonchev–Trinajstić information content (AvgIpc) is 3.24. The van der Waals surface area contributed by atoms with Gasteiger partial charge in [-0.25, -0.2) is 9.97 Å². The van der Waals surface area contributed by atoms with E-state index in [9.17, 15) is 4.79 Å². The van der Waals surface area contributed by atoms with E-state index in [0.29, 0.717) is 27.5 Å². The Balaban J connectivity index is 1.47. The van der Waals surface area contributed by atoms with Crippen LogP contribution in [0.2, 0.25) is 5.02 Å². The fraction of sp³-hybridized carbons (Fsp3) is 0.0417. The van der Waals surface area contributed by atoms with Crippen LogP contribution in [0.5, 0.6) is 0 Å². The maximum absolute atomic E-state index is 12.4. The molecule has 7 heteroatoms. The number of benzene rings is 3. The maximum atomic E-state index is 12.4. The highest BCUT2D eigenvalue weighted by atomic mass is 35.5. The van der Waals surface area contributed by atoms with Gasteiger partial charge in [0.05, 0.1) is 28.0 Å². The quantitative estimate of drug-likeness (QED) is 0.330. The largest absolute Gasteiger partial charge is 0.332 e. The second-order valence-corrected chi connectivity index (χ2v) is 8.36. The minimum atomic E-state index is -0.197. The number of aromatic amines is 2. The highest BCUT2D eigenvalue weighted by Crippen LogP contribution is 2.33. The molecule has 0 aliphatic carbocycles. The Bertz CT molecular complexity index is 1360. The summed E-state index contributed by atoms with van der Waals surface area (Å²) < 4.78 is 0. The summed E-state index contributed by atoms with van der Waals surface area (Å²) in [5.41, 5.74) is 4.39. The van der Waals surface area contributed by atoms with Crippen molar-refractivity contribution in [2.24, 2.45) is 0 Å². The predicted molar refractivity (Wildman–Crippen MR) is 126 cm³/mol. The first-order chi connectivity index (χ1) is 15.2. The van der Waals surface area contributed by atoms with E-state index < -0.39 is 0 Å². The minimum absolute atomic E-state index is 0.197. The Morgan fingerprint density at radius 2 is 1.55 bits per heavy atom. The fourth-order valence-corrected chi connectivity index (χ4v) is 4.32. The van der Waals surface area contributed by atoms with Crippen molar-refractivity contribution < 1.29 is 0 Å². The van der Waals surface area contributed by atoms with Gasteiger partial charge in [-0.05, 0) is 18.2 Å². The van der Waals surface area contributed by atoms with Crippen molar-refractivity contribution in [1.82, 2.24) is 19.9 Å². The third-order valence-electron chi connectivity index (χ3n) is 4.85. The lowest BCUT2D eigenvalue weighted by molar-refractivity contribution is 1.02. The molecule has 0 aliphatic rings. The van der Waals surface area contributed by atoms with Crippen molar-refractivity contribution in [3.05, 3.63) is 100 Å². The number of thioether (sulfide) groups is 1. The van der Waals surface area contributed by atoms with Crippen LogP contribution in [0.4, 0.5) is 0 Å². The number of hydrogen-bond donors (Lipinski definition) is 2. The zero-order valence-electron chi connectivity index (χ0n) is 16.3. The lowest BCUT2D eigenvalue weighted by atomic mass is 10.1. The van der Waals surface area contributed by atoms with E-state index in [2.05, 4.69) is 27.1 Å². The van der Waals surface area contributed by atoms with E-state index in [1.54, 1.807) is 18.2 Å². The second kappa shape index (κ2) is 8.41. The predicted octanol–water partition coefficient (Wildman–Crippen LogP) is 5.93. The Morgan fingerprint density at radius 1 is 0.839 bits per heavy atom. The van der Waals surface area contributed by atoms with Crippen LogP contribution in [0.25, 0.3) is 33.4 Å². The molecule has 0 bridgehead atoms. The van der Waals surface area contributed by atoms with E-state index in [4.69, 9.17) is 16.6 Å². The van der Waals surface area contributed by atoms with Gasteiger partial charge in [-0.2, -0.15) is 0 Å². The van der Waals surface area contributed by atoms with Crippen molar-refractivity contribution in [1.29, 1.82) is 0 Å². The van der Waals surface area contributed by atoms with E-state index >= 15 is 0 Å². The maximum Gasteiger partial charge on any atom is 0.258 e. The molecule has 0 amide bonds. The number of halogens is 1. The Labute approximate surface area is 187 Å². The number of rotatable bonds is 5. The number of nitrogens with zero attached hydrogens (tertiary/aromatic N) is 2. The summed E-state index contributed by atoms with van der Waals surface area (Å²) in [5.74, 6) is 1.06. The molecular formula is C24H17ClN4OS. The lowest BCUT2D eigenvalue weighted by Gasteiger charge is -2.02. The van der Waals surface area contributed by atoms with Gasteiger partial charge in [-0.1, -0.05) is 84.0 Å². The van der Waals surface area contributed by atoms with Gasteiger partial charge >= 0.3 is 0 Å². The molecule has 0 aliphatic heterocycles. The summed E-state index contributed by atoms with van der Waals surface area (Å²) in [7, 11) is 0. The van der Waals surface area contributed by atoms with Gasteiger partial charge in [0.2, 0.25) is 0 Å². The van der Waals surface area contributed by atoms with Gasteiger partial charge in [-0.15, -0.1) is 0 Å². The van der Waals surface area contributed by atoms with Crippen molar-refractivity contribution in [3.63, 3.8) is 0 Å². The highest BCUT2D eigenvalue weighted by molar-refractivity contribution is 7.98. The summed E-state index contributed by atoms with van der Waals surface area (Å²) in [6.07, 6.45) is 0. The number of H-pyrrole nitrogens is 2. The van der Waals surface area contributed by atoms with Crippen LogP contribution < -0.4 is 5.56 Å². The first-order valence-corrected chi connectivity index (χ1v) is 11.1. The fourth-order valence-electron chi connectivity index (χ4n) is 3.40. The number of aromatic nitrogens is 4. The molecule has 0 spiro atoms. The number of imidazole rings is 1. The van der Waals surface area contributed by atoms with Crippen LogP contribution in [-0.2, 0) is 5.75 Å². The lowest BCUT2D eigenvalue weighted by Crippen LogP contribution is -2.11. The molecular weight excluding hydrogens is 428 g/mol. The Hall–Kier alpha value is -3.35. The summed E-state index contributed by atoms with van der Waals surface area (Å²) in [5, 5.41) is 1.76. The van der Waals surface area contributed by atoms with Gasteiger partial charge < -0.3 is 9.97 Å². The smallest absolute Gasteiger partial charge is 0.258 e. The van der Waals surface area contributed by atoms with E-state index in [1.165, 1.54) is 11.8 Å². The van der Waals surface area contributed by atoms with Crippen LogP contribution >= 0.6 is 23.4 Å². The van der Waals surface area contributed by atoms with E-state index in [1.807, 2.05) is 48.5 Å². The van der Waals surface area contributed by atoms with Gasteiger partial charge in [0, 0.05) is 16.1 Å². The van der Waals surface area contributed by atoms with Gasteiger partial charge in [-0.3, -0.25) is 4.79 Å². The topological polar surface area (TPSA) is 74.4 Å². The monoisotopic (exact) mass is 444 g/mol. The molecule has 2 N–H and O–H groups in total. The second-order valence-electron chi connectivity index (χ2n) is 6.96. The molecule has 0 atom stereocenters. The van der Waals surface area contributed by atoms with Crippen molar-refractivity contribution in [3.8, 4) is 22.5 Å². The Morgan fingerprint density at radius 3 is 2.29 bits per heavy atom. The summed E-state index contributed by atoms with van der Waals surface area (Å²) in [4.78, 5) is 28.1. The molecule has 5 nitrogen and oxygen atoms in total. The van der Waals surface area contributed by atoms with Crippen molar-refractivity contribution in [2.45, 2.75) is 10.9 Å². The molecule has 31 heavy (non-hydrogen) atoms. The molecule has 0 saturated heterocycles. The van der Waals surface area contributed by atoms with E-state index in [-0.39, 0.29) is 5.56 Å². The standard InChI is InChI=1S/C24H17ClN4OS/c25-17-11-12-19-18(13-17)23(30)27-20(26-19)14-31-24-28-21(15-7-3-1-4-8-15)22(29-24)16-9-5-2-6-10-16/h1-13H,14H2,(H,28,29)(H,26,27,30). The zero-order chi connectivity index (χ0) is 21.2. The minimum Gasteiger partial charge on any atom is -0.332 e. The number of hydrogen-bond acceptors (Lipinski definition) is 4. The van der Waals surface area contributed by atoms with Crippen LogP contribution in [0.3, 0.4) is 0 Å². The number of fused-ring (bicyclic) bond motifs is 1. The molecule has 0 fully saturated rings. The summed E-state index contributed by atoms with van der Waals surface area (Å²) in [6.45, 7) is 0. The summed E-state index contributed by atoms with van der Waals surface area (Å²) >= 11 is 7.49. The molecule has 0 saturated carbocycles. The third kappa shape index (κ3) is 4.13. The molecule has 2 heterocycles. The molecule has 2 aromatic heterocycles. The van der Waals surface area contributed by atoms with Crippen molar-refractivity contribution >= 4 is 34.3 Å². The van der Waals surface area contributed by atoms with Gasteiger partial charge in [0.15, 0.2) is 5.16 Å². The Kier molecular flexibility index (Phi) is 5.32. The highest BCUT2D eigenvalue weighted by Gasteiger charge is 2.15. The normalized spacial score (nSPS) is 11.1. The molecule has 0 unspecified atom stereocenters. The van der Waals surface area contributed by atoms with Gasteiger partial charge in [0.1, 0.15) is 5.82 Å². The summed E-state index contributed by atoms with van der Waals surface area (Å²) in [6, 6.07) is 25.3. The van der Waals surface area contributed by atoms with Crippen LogP contribution in [-0.4, -0.2) is 19.9 Å². The molecule has 5 rings (SSSR count). The van der Waals surface area contributed by atoms with Crippen LogP contribution in [0.15, 0.2) is 88.8 Å². The van der Waals surface area contributed by atoms with Crippen LogP contribution in [0, 0.1) is 0 Å². The SMILES string of the molecule is O=c1[nH]c(CSc2nc(-c3ccccc3)c(-c3ccccc3)[nH]2)nc2ccc(Cl)cc12. The first-order valence-electron chi connectivity index (χ1n) is 9.69. The zero-order valence-corrected chi connectivity index (χ0v) is 17.9. The van der Waals surface area contributed by atoms with Crippen molar-refractivity contribution in [2.75, 3.05) is 0 Å².